The van der Waals surface area contributed by atoms with Crippen LogP contribution in [0.3, 0.4) is 0 Å². The second-order valence-electron chi connectivity index (χ2n) is 3.20. The molecule has 0 radical (unpaired) electrons. The minimum Gasteiger partial charge on any atom is -0.379 e. The molecule has 15 heavy (non-hydrogen) atoms. The third-order valence-electron chi connectivity index (χ3n) is 1.97. The first-order chi connectivity index (χ1) is 7.15. The lowest BCUT2D eigenvalue weighted by Gasteiger charge is -2.06. The molecule has 0 aliphatic heterocycles. The summed E-state index contributed by atoms with van der Waals surface area (Å²) in [6.45, 7) is 2.59. The molecule has 1 rings (SSSR count). The molecule has 0 aromatic heterocycles. The zero-order chi connectivity index (χ0) is 11.3. The molecule has 82 valence electrons. The summed E-state index contributed by atoms with van der Waals surface area (Å²) >= 11 is 1.71. The summed E-state index contributed by atoms with van der Waals surface area (Å²) in [5.41, 5.74) is 1.65. The third-order valence-corrected chi connectivity index (χ3v) is 2.58. The highest BCUT2D eigenvalue weighted by Gasteiger charge is 2.12. The van der Waals surface area contributed by atoms with E-state index in [1.54, 1.807) is 23.9 Å². The largest absolute Gasteiger partial charge is 0.379 e. The number of hydrogen-bond acceptors (Lipinski definition) is 4. The van der Waals surface area contributed by atoms with Crippen molar-refractivity contribution in [1.29, 1.82) is 0 Å². The Balaban J connectivity index is 2.81. The van der Waals surface area contributed by atoms with E-state index in [0.717, 1.165) is 17.9 Å². The molecule has 0 unspecified atom stereocenters. The Morgan fingerprint density at radius 3 is 2.87 bits per heavy atom. The van der Waals surface area contributed by atoms with Gasteiger partial charge in [0.15, 0.2) is 0 Å². The topological polar surface area (TPSA) is 55.2 Å². The SMILES string of the molecule is CSCCNc1ccc(C)cc1[N+](=O)[O-]. The van der Waals surface area contributed by atoms with Crippen LogP contribution in [0.1, 0.15) is 5.56 Å². The third kappa shape index (κ3) is 3.43. The fourth-order valence-corrected chi connectivity index (χ4v) is 1.54. The molecule has 4 nitrogen and oxygen atoms in total. The number of aryl methyl sites for hydroxylation is 1. The first-order valence-electron chi connectivity index (χ1n) is 4.63. The highest BCUT2D eigenvalue weighted by Crippen LogP contribution is 2.24. The summed E-state index contributed by atoms with van der Waals surface area (Å²) < 4.78 is 0. The minimum absolute atomic E-state index is 0.149. The summed E-state index contributed by atoms with van der Waals surface area (Å²) in [5, 5.41) is 13.8. The van der Waals surface area contributed by atoms with E-state index in [9.17, 15) is 10.1 Å². The predicted molar refractivity (Wildman–Crippen MR) is 64.7 cm³/mol. The molecule has 0 aliphatic carbocycles. The number of benzene rings is 1. The van der Waals surface area contributed by atoms with E-state index in [2.05, 4.69) is 5.32 Å². The molecule has 1 aromatic carbocycles. The van der Waals surface area contributed by atoms with Crippen LogP contribution in [0.5, 0.6) is 0 Å². The molecule has 1 aromatic rings. The van der Waals surface area contributed by atoms with Gasteiger partial charge in [0.25, 0.3) is 5.69 Å². The average molecular weight is 226 g/mol. The van der Waals surface area contributed by atoms with Gasteiger partial charge in [0.1, 0.15) is 5.69 Å². The van der Waals surface area contributed by atoms with Crippen molar-refractivity contribution in [2.75, 3.05) is 23.9 Å². The van der Waals surface area contributed by atoms with Gasteiger partial charge in [-0.15, -0.1) is 0 Å². The molecule has 0 spiro atoms. The zero-order valence-corrected chi connectivity index (χ0v) is 9.63. The second-order valence-corrected chi connectivity index (χ2v) is 4.18. The smallest absolute Gasteiger partial charge is 0.292 e. The van der Waals surface area contributed by atoms with Gasteiger partial charge >= 0.3 is 0 Å². The van der Waals surface area contributed by atoms with Crippen LogP contribution in [-0.4, -0.2) is 23.5 Å². The van der Waals surface area contributed by atoms with Crippen LogP contribution in [0.2, 0.25) is 0 Å². The normalized spacial score (nSPS) is 10.0. The van der Waals surface area contributed by atoms with Crippen molar-refractivity contribution < 1.29 is 4.92 Å². The van der Waals surface area contributed by atoms with Crippen molar-refractivity contribution in [3.05, 3.63) is 33.9 Å². The van der Waals surface area contributed by atoms with Crippen LogP contribution in [-0.2, 0) is 0 Å². The standard InChI is InChI=1S/C10H14N2O2S/c1-8-3-4-9(11-5-6-15-2)10(7-8)12(13)14/h3-4,7,11H,5-6H2,1-2H3. The predicted octanol–water partition coefficient (Wildman–Crippen LogP) is 2.68. The van der Waals surface area contributed by atoms with Crippen molar-refractivity contribution in [2.24, 2.45) is 0 Å². The molecule has 0 amide bonds. The maximum atomic E-state index is 10.8. The van der Waals surface area contributed by atoms with Gasteiger partial charge in [0.05, 0.1) is 4.92 Å². The molecular weight excluding hydrogens is 212 g/mol. The highest BCUT2D eigenvalue weighted by atomic mass is 32.2. The van der Waals surface area contributed by atoms with Crippen molar-refractivity contribution in [2.45, 2.75) is 6.92 Å². The Morgan fingerprint density at radius 1 is 1.53 bits per heavy atom. The first-order valence-corrected chi connectivity index (χ1v) is 6.02. The summed E-state index contributed by atoms with van der Waals surface area (Å²) in [6.07, 6.45) is 2.01. The molecule has 1 N–H and O–H groups in total. The molecule has 5 heteroatoms. The molecule has 0 bridgehead atoms. The summed E-state index contributed by atoms with van der Waals surface area (Å²) in [6, 6.07) is 5.21. The van der Waals surface area contributed by atoms with E-state index < -0.39 is 0 Å². The van der Waals surface area contributed by atoms with E-state index in [0.29, 0.717) is 5.69 Å². The lowest BCUT2D eigenvalue weighted by atomic mass is 10.2. The van der Waals surface area contributed by atoms with Crippen molar-refractivity contribution in [3.63, 3.8) is 0 Å². The maximum Gasteiger partial charge on any atom is 0.292 e. The number of nitrogens with one attached hydrogen (secondary N) is 1. The number of nitrogens with zero attached hydrogens (tertiary/aromatic N) is 1. The van der Waals surface area contributed by atoms with Gasteiger partial charge in [-0.3, -0.25) is 10.1 Å². The Morgan fingerprint density at radius 2 is 2.27 bits per heavy atom. The van der Waals surface area contributed by atoms with Gasteiger partial charge in [-0.25, -0.2) is 0 Å². The van der Waals surface area contributed by atoms with Gasteiger partial charge < -0.3 is 5.32 Å². The van der Waals surface area contributed by atoms with Gasteiger partial charge in [-0.1, -0.05) is 6.07 Å². The van der Waals surface area contributed by atoms with E-state index in [1.807, 2.05) is 19.2 Å². The lowest BCUT2D eigenvalue weighted by Crippen LogP contribution is -2.06. The van der Waals surface area contributed by atoms with Gasteiger partial charge in [-0.2, -0.15) is 11.8 Å². The van der Waals surface area contributed by atoms with Crippen LogP contribution in [0, 0.1) is 17.0 Å². The zero-order valence-electron chi connectivity index (χ0n) is 8.82. The maximum absolute atomic E-state index is 10.8. The van der Waals surface area contributed by atoms with Crippen LogP contribution in [0.25, 0.3) is 0 Å². The van der Waals surface area contributed by atoms with Crippen molar-refractivity contribution in [3.8, 4) is 0 Å². The summed E-state index contributed by atoms with van der Waals surface area (Å²) in [5.74, 6) is 0.936. The van der Waals surface area contributed by atoms with Gasteiger partial charge in [-0.05, 0) is 24.8 Å². The quantitative estimate of drug-likeness (QED) is 0.476. The molecule has 0 aliphatic rings. The average Bonchev–Trinajstić information content (AvgIpc) is 2.20. The number of nitro groups is 1. The second kappa shape index (κ2) is 5.60. The van der Waals surface area contributed by atoms with E-state index in [4.69, 9.17) is 0 Å². The van der Waals surface area contributed by atoms with E-state index in [1.165, 1.54) is 0 Å². The Kier molecular flexibility index (Phi) is 4.42. The number of rotatable bonds is 5. The minimum atomic E-state index is -0.353. The number of thioether (sulfide) groups is 1. The molecule has 0 atom stereocenters. The fraction of sp³-hybridized carbons (Fsp3) is 0.400. The highest BCUT2D eigenvalue weighted by molar-refractivity contribution is 7.98. The van der Waals surface area contributed by atoms with Crippen LogP contribution < -0.4 is 5.32 Å². The van der Waals surface area contributed by atoms with Gasteiger partial charge in [0, 0.05) is 18.4 Å². The monoisotopic (exact) mass is 226 g/mol. The molecule has 0 heterocycles. The Labute approximate surface area is 93.2 Å². The van der Waals surface area contributed by atoms with Gasteiger partial charge in [0.2, 0.25) is 0 Å². The number of nitro benzene ring substituents is 1. The Hall–Kier alpha value is -1.23. The lowest BCUT2D eigenvalue weighted by molar-refractivity contribution is -0.384. The summed E-state index contributed by atoms with van der Waals surface area (Å²) in [4.78, 5) is 10.4. The number of hydrogen-bond donors (Lipinski definition) is 1. The van der Waals surface area contributed by atoms with Crippen LogP contribution in [0.4, 0.5) is 11.4 Å². The summed E-state index contributed by atoms with van der Waals surface area (Å²) in [7, 11) is 0. The molecule has 0 fully saturated rings. The fourth-order valence-electron chi connectivity index (χ4n) is 1.23. The van der Waals surface area contributed by atoms with Crippen molar-refractivity contribution >= 4 is 23.1 Å². The molecule has 0 saturated heterocycles. The van der Waals surface area contributed by atoms with Crippen molar-refractivity contribution in [1.82, 2.24) is 0 Å². The number of anilines is 1. The van der Waals surface area contributed by atoms with E-state index >= 15 is 0 Å². The Bertz CT molecular complexity index is 355. The van der Waals surface area contributed by atoms with Crippen LogP contribution >= 0.6 is 11.8 Å². The molecular formula is C10H14N2O2S. The van der Waals surface area contributed by atoms with Crippen LogP contribution in [0.15, 0.2) is 18.2 Å². The van der Waals surface area contributed by atoms with E-state index in [-0.39, 0.29) is 10.6 Å². The molecule has 0 saturated carbocycles. The first kappa shape index (κ1) is 11.8.